The van der Waals surface area contributed by atoms with Crippen LogP contribution in [0.3, 0.4) is 0 Å². The van der Waals surface area contributed by atoms with Crippen LogP contribution in [-0.2, 0) is 25.5 Å². The SMILES string of the molecule is CC(C)OC(=O)OCC(COC(=O)OC(C)C)N(C)C1(Cn2cnc3c(N)ncnc32)CC1. The van der Waals surface area contributed by atoms with Crippen molar-refractivity contribution in [2.45, 2.75) is 70.9 Å². The van der Waals surface area contributed by atoms with E-state index in [1.807, 2.05) is 11.6 Å². The van der Waals surface area contributed by atoms with Crippen molar-refractivity contribution < 1.29 is 28.5 Å². The highest BCUT2D eigenvalue weighted by atomic mass is 16.7. The summed E-state index contributed by atoms with van der Waals surface area (Å²) in [5, 5.41) is 0. The molecule has 2 aromatic heterocycles. The van der Waals surface area contributed by atoms with Crippen molar-refractivity contribution in [1.29, 1.82) is 0 Å². The number of carbonyl (C=O) groups excluding carboxylic acids is 2. The molecule has 0 atom stereocenters. The van der Waals surface area contributed by atoms with Gasteiger partial charge in [-0.3, -0.25) is 4.90 Å². The maximum Gasteiger partial charge on any atom is 0.508 e. The minimum absolute atomic E-state index is 0.0153. The van der Waals surface area contributed by atoms with Crippen LogP contribution in [0.5, 0.6) is 0 Å². The van der Waals surface area contributed by atoms with Crippen LogP contribution in [0.2, 0.25) is 0 Å². The van der Waals surface area contributed by atoms with Crippen molar-refractivity contribution in [3.05, 3.63) is 12.7 Å². The van der Waals surface area contributed by atoms with Gasteiger partial charge < -0.3 is 29.2 Å². The third-order valence-corrected chi connectivity index (χ3v) is 5.47. The van der Waals surface area contributed by atoms with Crippen LogP contribution >= 0.6 is 0 Å². The molecule has 12 heteroatoms. The zero-order valence-corrected chi connectivity index (χ0v) is 19.7. The van der Waals surface area contributed by atoms with Crippen LogP contribution in [0.1, 0.15) is 40.5 Å². The first-order valence-electron chi connectivity index (χ1n) is 10.9. The van der Waals surface area contributed by atoms with E-state index in [-0.39, 0.29) is 31.0 Å². The van der Waals surface area contributed by atoms with Gasteiger partial charge in [0.15, 0.2) is 11.5 Å². The molecule has 1 fully saturated rings. The molecule has 0 radical (unpaired) electrons. The smallest absolute Gasteiger partial charge is 0.432 e. The molecule has 12 nitrogen and oxygen atoms in total. The molecule has 182 valence electrons. The summed E-state index contributed by atoms with van der Waals surface area (Å²) < 4.78 is 22.6. The number of nitrogen functional groups attached to an aromatic ring is 1. The number of carbonyl (C=O) groups is 2. The molecule has 2 N–H and O–H groups in total. The molecule has 1 aliphatic carbocycles. The van der Waals surface area contributed by atoms with E-state index in [0.29, 0.717) is 23.5 Å². The topological polar surface area (TPSA) is 144 Å². The van der Waals surface area contributed by atoms with E-state index in [4.69, 9.17) is 24.7 Å². The molecule has 33 heavy (non-hydrogen) atoms. The highest BCUT2D eigenvalue weighted by Gasteiger charge is 2.49. The maximum atomic E-state index is 11.9. The summed E-state index contributed by atoms with van der Waals surface area (Å²) in [5.41, 5.74) is 6.84. The zero-order valence-electron chi connectivity index (χ0n) is 19.7. The summed E-state index contributed by atoms with van der Waals surface area (Å²) in [6.45, 7) is 7.50. The number of rotatable bonds is 10. The number of nitrogens with two attached hydrogens (primary N) is 1. The molecule has 0 spiro atoms. The van der Waals surface area contributed by atoms with Gasteiger partial charge in [0.2, 0.25) is 0 Å². The maximum absolute atomic E-state index is 11.9. The lowest BCUT2D eigenvalue weighted by atomic mass is 10.1. The van der Waals surface area contributed by atoms with Crippen LogP contribution in [-0.4, -0.2) is 80.8 Å². The van der Waals surface area contributed by atoms with Crippen LogP contribution < -0.4 is 5.73 Å². The summed E-state index contributed by atoms with van der Waals surface area (Å²) in [5.74, 6) is 0.323. The van der Waals surface area contributed by atoms with Gasteiger partial charge in [0.25, 0.3) is 0 Å². The Morgan fingerprint density at radius 3 is 2.15 bits per heavy atom. The van der Waals surface area contributed by atoms with Crippen molar-refractivity contribution in [3.8, 4) is 0 Å². The summed E-state index contributed by atoms with van der Waals surface area (Å²) in [6.07, 6.45) is 2.74. The molecule has 1 saturated carbocycles. The Morgan fingerprint density at radius 1 is 1.06 bits per heavy atom. The fraction of sp³-hybridized carbons (Fsp3) is 0.667. The van der Waals surface area contributed by atoms with Gasteiger partial charge in [-0.2, -0.15) is 0 Å². The second-order valence-corrected chi connectivity index (χ2v) is 8.75. The summed E-state index contributed by atoms with van der Waals surface area (Å²) in [6, 6.07) is -0.415. The van der Waals surface area contributed by atoms with Crippen molar-refractivity contribution in [3.63, 3.8) is 0 Å². The van der Waals surface area contributed by atoms with Gasteiger partial charge in [-0.25, -0.2) is 24.5 Å². The lowest BCUT2D eigenvalue weighted by Gasteiger charge is -2.35. The Hall–Kier alpha value is -3.15. The molecular weight excluding hydrogens is 432 g/mol. The highest BCUT2D eigenvalue weighted by molar-refractivity contribution is 5.81. The van der Waals surface area contributed by atoms with Crippen molar-refractivity contribution in [2.24, 2.45) is 0 Å². The fourth-order valence-electron chi connectivity index (χ4n) is 3.54. The first kappa shape index (κ1) is 24.5. The Balaban J connectivity index is 1.72. The van der Waals surface area contributed by atoms with Gasteiger partial charge >= 0.3 is 12.3 Å². The van der Waals surface area contributed by atoms with Gasteiger partial charge in [-0.05, 0) is 47.6 Å². The molecule has 2 aromatic rings. The number of fused-ring (bicyclic) bond motifs is 1. The summed E-state index contributed by atoms with van der Waals surface area (Å²) in [4.78, 5) is 38.5. The summed E-state index contributed by atoms with van der Waals surface area (Å²) >= 11 is 0. The second-order valence-electron chi connectivity index (χ2n) is 8.75. The third-order valence-electron chi connectivity index (χ3n) is 5.47. The number of anilines is 1. The lowest BCUT2D eigenvalue weighted by Crippen LogP contribution is -2.49. The quantitative estimate of drug-likeness (QED) is 0.517. The van der Waals surface area contributed by atoms with Crippen molar-refractivity contribution >= 4 is 29.3 Å². The highest BCUT2D eigenvalue weighted by Crippen LogP contribution is 2.44. The number of imidazole rings is 1. The molecule has 2 heterocycles. The van der Waals surface area contributed by atoms with E-state index in [2.05, 4.69) is 19.9 Å². The van der Waals surface area contributed by atoms with Crippen LogP contribution in [0, 0.1) is 0 Å². The average molecular weight is 465 g/mol. The standard InChI is InChI=1S/C21H32N6O6/c1-13(2)32-19(28)30-8-15(9-31-20(29)33-14(3)4)26(5)21(6-7-21)10-27-12-25-16-17(22)23-11-24-18(16)27/h11-15H,6-10H2,1-5H3,(H2,22,23,24). The van der Waals surface area contributed by atoms with Gasteiger partial charge in [-0.15, -0.1) is 0 Å². The lowest BCUT2D eigenvalue weighted by molar-refractivity contribution is -0.0204. The second kappa shape index (κ2) is 10.2. The molecule has 0 unspecified atom stereocenters. The molecule has 1 aliphatic rings. The number of nitrogens with zero attached hydrogens (tertiary/aromatic N) is 5. The Morgan fingerprint density at radius 2 is 1.64 bits per heavy atom. The van der Waals surface area contributed by atoms with Crippen molar-refractivity contribution in [1.82, 2.24) is 24.4 Å². The van der Waals surface area contributed by atoms with Crippen molar-refractivity contribution in [2.75, 3.05) is 26.0 Å². The Labute approximate surface area is 192 Å². The average Bonchev–Trinajstić information content (AvgIpc) is 3.40. The van der Waals surface area contributed by atoms with Crippen LogP contribution in [0.15, 0.2) is 12.7 Å². The van der Waals surface area contributed by atoms with Gasteiger partial charge in [-0.1, -0.05) is 0 Å². The Kier molecular flexibility index (Phi) is 7.57. The fourth-order valence-corrected chi connectivity index (χ4v) is 3.54. The number of likely N-dealkylation sites (N-methyl/N-ethyl adjacent to an activating group) is 1. The van der Waals surface area contributed by atoms with Gasteiger partial charge in [0, 0.05) is 12.1 Å². The van der Waals surface area contributed by atoms with E-state index in [1.165, 1.54) is 6.33 Å². The summed E-state index contributed by atoms with van der Waals surface area (Å²) in [7, 11) is 1.91. The number of hydrogen-bond donors (Lipinski definition) is 1. The Bertz CT molecular complexity index is 947. The zero-order chi connectivity index (χ0) is 24.2. The molecule has 0 saturated heterocycles. The van der Waals surface area contributed by atoms with E-state index in [0.717, 1.165) is 12.8 Å². The number of hydrogen-bond acceptors (Lipinski definition) is 11. The molecule has 3 rings (SSSR count). The molecule has 0 amide bonds. The predicted octanol–water partition coefficient (Wildman–Crippen LogP) is 2.36. The monoisotopic (exact) mass is 464 g/mol. The predicted molar refractivity (Wildman–Crippen MR) is 118 cm³/mol. The molecule has 0 bridgehead atoms. The first-order chi connectivity index (χ1) is 15.6. The van der Waals surface area contributed by atoms with Gasteiger partial charge in [0.05, 0.1) is 24.6 Å². The normalized spacial score (nSPS) is 14.8. The number of aromatic nitrogens is 4. The molecular formula is C21H32N6O6. The van der Waals surface area contributed by atoms with E-state index >= 15 is 0 Å². The van der Waals surface area contributed by atoms with Gasteiger partial charge in [0.1, 0.15) is 25.1 Å². The van der Waals surface area contributed by atoms with Crippen LogP contribution in [0.25, 0.3) is 11.2 Å². The number of ether oxygens (including phenoxy) is 4. The van der Waals surface area contributed by atoms with Crippen LogP contribution in [0.4, 0.5) is 15.4 Å². The minimum atomic E-state index is -0.772. The molecule has 0 aromatic carbocycles. The third kappa shape index (κ3) is 6.21. The van der Waals surface area contributed by atoms with E-state index in [1.54, 1.807) is 34.0 Å². The largest absolute Gasteiger partial charge is 0.508 e. The minimum Gasteiger partial charge on any atom is -0.432 e. The van der Waals surface area contributed by atoms with E-state index in [9.17, 15) is 9.59 Å². The molecule has 0 aliphatic heterocycles. The first-order valence-corrected chi connectivity index (χ1v) is 10.9. The van der Waals surface area contributed by atoms with E-state index < -0.39 is 18.4 Å².